The van der Waals surface area contributed by atoms with Crippen LogP contribution in [-0.2, 0) is 0 Å². The van der Waals surface area contributed by atoms with Gasteiger partial charge in [0, 0.05) is 5.69 Å². The Labute approximate surface area is 94.0 Å². The highest BCUT2D eigenvalue weighted by Crippen LogP contribution is 2.11. The molecule has 16 heavy (non-hydrogen) atoms. The largest absolute Gasteiger partial charge is 0.399 e. The third-order valence-corrected chi connectivity index (χ3v) is 2.27. The van der Waals surface area contributed by atoms with E-state index in [-0.39, 0.29) is 5.82 Å². The SMILES string of the molecule is Nc1ccc(/C=C/c2ccc(F)cc2)cc1. The fraction of sp³-hybridized carbons (Fsp3) is 0. The Morgan fingerprint density at radius 1 is 0.750 bits per heavy atom. The van der Waals surface area contributed by atoms with Gasteiger partial charge in [-0.2, -0.15) is 0 Å². The fourth-order valence-electron chi connectivity index (χ4n) is 1.37. The van der Waals surface area contributed by atoms with Crippen molar-refractivity contribution in [2.24, 2.45) is 0 Å². The zero-order valence-corrected chi connectivity index (χ0v) is 8.73. The Morgan fingerprint density at radius 3 is 1.69 bits per heavy atom. The molecule has 80 valence electrons. The number of rotatable bonds is 2. The average Bonchev–Trinajstić information content (AvgIpc) is 2.30. The summed E-state index contributed by atoms with van der Waals surface area (Å²) in [7, 11) is 0. The molecule has 0 spiro atoms. The minimum absolute atomic E-state index is 0.218. The average molecular weight is 213 g/mol. The second kappa shape index (κ2) is 4.62. The van der Waals surface area contributed by atoms with Crippen LogP contribution < -0.4 is 5.73 Å². The zero-order chi connectivity index (χ0) is 11.4. The summed E-state index contributed by atoms with van der Waals surface area (Å²) in [6.45, 7) is 0. The molecule has 0 aliphatic carbocycles. The standard InChI is InChI=1S/C14H12FN/c15-13-7-3-11(4-8-13)1-2-12-5-9-14(16)10-6-12/h1-10H,16H2/b2-1+. The molecule has 0 heterocycles. The summed E-state index contributed by atoms with van der Waals surface area (Å²) in [5.74, 6) is -0.218. The maximum absolute atomic E-state index is 12.7. The number of halogens is 1. The molecular formula is C14H12FN. The molecule has 2 N–H and O–H groups in total. The minimum Gasteiger partial charge on any atom is -0.399 e. The van der Waals surface area contributed by atoms with E-state index in [1.54, 1.807) is 12.1 Å². The topological polar surface area (TPSA) is 26.0 Å². The zero-order valence-electron chi connectivity index (χ0n) is 8.73. The molecule has 1 nitrogen and oxygen atoms in total. The Balaban J connectivity index is 2.15. The highest BCUT2D eigenvalue weighted by Gasteiger charge is 1.90. The van der Waals surface area contributed by atoms with Gasteiger partial charge in [-0.3, -0.25) is 0 Å². The van der Waals surface area contributed by atoms with Crippen LogP contribution >= 0.6 is 0 Å². The van der Waals surface area contributed by atoms with Crippen LogP contribution in [0.4, 0.5) is 10.1 Å². The second-order valence-corrected chi connectivity index (χ2v) is 3.55. The molecule has 0 aliphatic rings. The lowest BCUT2D eigenvalue weighted by molar-refractivity contribution is 0.628. The van der Waals surface area contributed by atoms with Gasteiger partial charge in [0.1, 0.15) is 5.82 Å². The molecule has 2 heteroatoms. The van der Waals surface area contributed by atoms with E-state index in [0.29, 0.717) is 0 Å². The predicted octanol–water partition coefficient (Wildman–Crippen LogP) is 3.58. The van der Waals surface area contributed by atoms with Gasteiger partial charge < -0.3 is 5.73 Å². The van der Waals surface area contributed by atoms with Gasteiger partial charge in [-0.15, -0.1) is 0 Å². The first-order chi connectivity index (χ1) is 7.74. The van der Waals surface area contributed by atoms with Crippen LogP contribution in [0.1, 0.15) is 11.1 Å². The molecule has 0 radical (unpaired) electrons. The summed E-state index contributed by atoms with van der Waals surface area (Å²) in [6, 6.07) is 14.0. The summed E-state index contributed by atoms with van der Waals surface area (Å²) >= 11 is 0. The van der Waals surface area contributed by atoms with E-state index in [1.807, 2.05) is 36.4 Å². The summed E-state index contributed by atoms with van der Waals surface area (Å²) in [5.41, 5.74) is 8.37. The Bertz CT molecular complexity index is 436. The van der Waals surface area contributed by atoms with Crippen molar-refractivity contribution in [2.75, 3.05) is 5.73 Å². The highest BCUT2D eigenvalue weighted by molar-refractivity contribution is 5.70. The molecule has 2 aromatic carbocycles. The normalized spacial score (nSPS) is 10.8. The minimum atomic E-state index is -0.218. The molecule has 0 fully saturated rings. The monoisotopic (exact) mass is 213 g/mol. The van der Waals surface area contributed by atoms with Crippen LogP contribution in [0.5, 0.6) is 0 Å². The van der Waals surface area contributed by atoms with E-state index in [0.717, 1.165) is 16.8 Å². The van der Waals surface area contributed by atoms with Crippen molar-refractivity contribution in [3.05, 3.63) is 65.5 Å². The maximum atomic E-state index is 12.7. The molecule has 0 bridgehead atoms. The van der Waals surface area contributed by atoms with Crippen LogP contribution in [0, 0.1) is 5.82 Å². The number of nitrogens with two attached hydrogens (primary N) is 1. The first-order valence-corrected chi connectivity index (χ1v) is 5.03. The van der Waals surface area contributed by atoms with Gasteiger partial charge in [0.05, 0.1) is 0 Å². The number of anilines is 1. The van der Waals surface area contributed by atoms with E-state index in [2.05, 4.69) is 0 Å². The predicted molar refractivity (Wildman–Crippen MR) is 66.2 cm³/mol. The van der Waals surface area contributed by atoms with Crippen molar-refractivity contribution in [3.8, 4) is 0 Å². The van der Waals surface area contributed by atoms with E-state index < -0.39 is 0 Å². The van der Waals surface area contributed by atoms with Gasteiger partial charge >= 0.3 is 0 Å². The number of benzene rings is 2. The summed E-state index contributed by atoms with van der Waals surface area (Å²) in [4.78, 5) is 0. The van der Waals surface area contributed by atoms with Crippen molar-refractivity contribution in [1.29, 1.82) is 0 Å². The van der Waals surface area contributed by atoms with Gasteiger partial charge in [0.15, 0.2) is 0 Å². The third-order valence-electron chi connectivity index (χ3n) is 2.27. The molecule has 0 atom stereocenters. The Kier molecular flexibility index (Phi) is 3.01. The summed E-state index contributed by atoms with van der Waals surface area (Å²) in [6.07, 6.45) is 3.90. The van der Waals surface area contributed by atoms with E-state index in [1.165, 1.54) is 12.1 Å². The quantitative estimate of drug-likeness (QED) is 0.599. The second-order valence-electron chi connectivity index (χ2n) is 3.55. The lowest BCUT2D eigenvalue weighted by atomic mass is 10.1. The maximum Gasteiger partial charge on any atom is 0.123 e. The Morgan fingerprint density at radius 2 is 1.19 bits per heavy atom. The first kappa shape index (κ1) is 10.4. The van der Waals surface area contributed by atoms with Gasteiger partial charge in [-0.05, 0) is 35.4 Å². The number of hydrogen-bond donors (Lipinski definition) is 1. The van der Waals surface area contributed by atoms with E-state index in [9.17, 15) is 4.39 Å². The third kappa shape index (κ3) is 2.70. The van der Waals surface area contributed by atoms with Crippen LogP contribution in [0.25, 0.3) is 12.2 Å². The molecule has 0 saturated heterocycles. The van der Waals surface area contributed by atoms with E-state index >= 15 is 0 Å². The summed E-state index contributed by atoms with van der Waals surface area (Å²) < 4.78 is 12.7. The number of nitrogen functional groups attached to an aromatic ring is 1. The summed E-state index contributed by atoms with van der Waals surface area (Å²) in [5, 5.41) is 0. The van der Waals surface area contributed by atoms with Crippen LogP contribution in [-0.4, -0.2) is 0 Å². The van der Waals surface area contributed by atoms with Crippen LogP contribution in [0.15, 0.2) is 48.5 Å². The Hall–Kier alpha value is -2.09. The van der Waals surface area contributed by atoms with Crippen LogP contribution in [0.2, 0.25) is 0 Å². The van der Waals surface area contributed by atoms with Gasteiger partial charge in [0.25, 0.3) is 0 Å². The van der Waals surface area contributed by atoms with Crippen molar-refractivity contribution in [1.82, 2.24) is 0 Å². The molecule has 0 aromatic heterocycles. The molecule has 0 unspecified atom stereocenters. The highest BCUT2D eigenvalue weighted by atomic mass is 19.1. The lowest BCUT2D eigenvalue weighted by Gasteiger charge is -1.95. The molecule has 0 saturated carbocycles. The molecule has 0 aliphatic heterocycles. The fourth-order valence-corrected chi connectivity index (χ4v) is 1.37. The molecule has 0 amide bonds. The first-order valence-electron chi connectivity index (χ1n) is 5.03. The van der Waals surface area contributed by atoms with Crippen molar-refractivity contribution in [2.45, 2.75) is 0 Å². The molecule has 2 rings (SSSR count). The van der Waals surface area contributed by atoms with Crippen molar-refractivity contribution < 1.29 is 4.39 Å². The van der Waals surface area contributed by atoms with E-state index in [4.69, 9.17) is 5.73 Å². The smallest absolute Gasteiger partial charge is 0.123 e. The van der Waals surface area contributed by atoms with Gasteiger partial charge in [-0.25, -0.2) is 4.39 Å². The van der Waals surface area contributed by atoms with Crippen molar-refractivity contribution >= 4 is 17.8 Å². The number of hydrogen-bond acceptors (Lipinski definition) is 1. The van der Waals surface area contributed by atoms with Crippen LogP contribution in [0.3, 0.4) is 0 Å². The lowest BCUT2D eigenvalue weighted by Crippen LogP contribution is -1.82. The van der Waals surface area contributed by atoms with Crippen molar-refractivity contribution in [3.63, 3.8) is 0 Å². The molecule has 2 aromatic rings. The van der Waals surface area contributed by atoms with Gasteiger partial charge in [-0.1, -0.05) is 36.4 Å². The molecular weight excluding hydrogens is 201 g/mol. The van der Waals surface area contributed by atoms with Gasteiger partial charge in [0.2, 0.25) is 0 Å².